The molecule has 1 heterocycles. The van der Waals surface area contributed by atoms with Crippen molar-refractivity contribution in [1.29, 1.82) is 0 Å². The molecule has 0 aliphatic heterocycles. The zero-order valence-electron chi connectivity index (χ0n) is 10.1. The molecule has 0 aliphatic carbocycles. The van der Waals surface area contributed by atoms with Gasteiger partial charge in [-0.15, -0.1) is 0 Å². The maximum atomic E-state index is 6.16. The number of fused-ring (bicyclic) bond motifs is 1. The number of aryl methyl sites for hydroxylation is 1. The number of hydrogen-bond donors (Lipinski definition) is 1. The smallest absolute Gasteiger partial charge is 0.188 e. The molecule has 1 N–H and O–H groups in total. The fourth-order valence-electron chi connectivity index (χ4n) is 1.80. The first-order chi connectivity index (χ1) is 9.11. The molecular weight excluding hydrogens is 344 g/mol. The van der Waals surface area contributed by atoms with Gasteiger partial charge in [0.25, 0.3) is 0 Å². The number of anilines is 2. The lowest BCUT2D eigenvalue weighted by Crippen LogP contribution is -1.90. The minimum Gasteiger partial charge on any atom is -0.330 e. The Labute approximate surface area is 128 Å². The van der Waals surface area contributed by atoms with E-state index in [4.69, 9.17) is 11.6 Å². The van der Waals surface area contributed by atoms with Gasteiger partial charge in [0.15, 0.2) is 5.13 Å². The van der Waals surface area contributed by atoms with E-state index in [0.717, 1.165) is 20.8 Å². The predicted octanol–water partition coefficient (Wildman–Crippen LogP) is 5.76. The van der Waals surface area contributed by atoms with E-state index >= 15 is 0 Å². The molecule has 5 heteroatoms. The van der Waals surface area contributed by atoms with E-state index in [1.54, 1.807) is 11.3 Å². The van der Waals surface area contributed by atoms with Crippen LogP contribution in [0.1, 0.15) is 5.56 Å². The minimum absolute atomic E-state index is 0.679. The molecule has 0 bridgehead atoms. The average Bonchev–Trinajstić information content (AvgIpc) is 2.75. The van der Waals surface area contributed by atoms with Crippen LogP contribution in [-0.4, -0.2) is 4.98 Å². The highest BCUT2D eigenvalue weighted by Crippen LogP contribution is 2.32. The van der Waals surface area contributed by atoms with Crippen molar-refractivity contribution < 1.29 is 0 Å². The molecule has 2 nitrogen and oxygen atoms in total. The van der Waals surface area contributed by atoms with Gasteiger partial charge < -0.3 is 5.32 Å². The molecule has 0 spiro atoms. The summed E-state index contributed by atoms with van der Waals surface area (Å²) in [6.07, 6.45) is 0. The Morgan fingerprint density at radius 2 is 2.05 bits per heavy atom. The molecule has 0 radical (unpaired) electrons. The van der Waals surface area contributed by atoms with Gasteiger partial charge in [0.05, 0.1) is 20.9 Å². The van der Waals surface area contributed by atoms with Crippen LogP contribution in [0.4, 0.5) is 10.8 Å². The van der Waals surface area contributed by atoms with Crippen molar-refractivity contribution >= 4 is 59.9 Å². The summed E-state index contributed by atoms with van der Waals surface area (Å²) < 4.78 is 2.15. The maximum Gasteiger partial charge on any atom is 0.188 e. The van der Waals surface area contributed by atoms with Crippen molar-refractivity contribution in [2.45, 2.75) is 6.92 Å². The number of benzene rings is 2. The van der Waals surface area contributed by atoms with Crippen molar-refractivity contribution in [3.8, 4) is 0 Å². The first kappa shape index (κ1) is 12.9. The fraction of sp³-hybridized carbons (Fsp3) is 0.0714. The second-order valence-corrected chi connectivity index (χ2v) is 6.59. The Kier molecular flexibility index (Phi) is 3.48. The number of halogens is 2. The average molecular weight is 354 g/mol. The molecule has 0 unspecified atom stereocenters. The summed E-state index contributed by atoms with van der Waals surface area (Å²) >= 11 is 11.2. The van der Waals surface area contributed by atoms with Gasteiger partial charge in [-0.05, 0) is 42.8 Å². The third-order valence-corrected chi connectivity index (χ3v) is 4.49. The molecule has 0 saturated carbocycles. The summed E-state index contributed by atoms with van der Waals surface area (Å²) in [7, 11) is 0. The summed E-state index contributed by atoms with van der Waals surface area (Å²) in [6, 6.07) is 12.0. The summed E-state index contributed by atoms with van der Waals surface area (Å²) in [4.78, 5) is 4.57. The SMILES string of the molecule is Cc1ccc2sc(Nc3cc(Br)ccc3Cl)nc2c1. The summed E-state index contributed by atoms with van der Waals surface area (Å²) in [5.74, 6) is 0. The molecule has 0 aliphatic rings. The van der Waals surface area contributed by atoms with E-state index in [9.17, 15) is 0 Å². The van der Waals surface area contributed by atoms with E-state index in [0.29, 0.717) is 5.02 Å². The highest BCUT2D eigenvalue weighted by atomic mass is 79.9. The first-order valence-electron chi connectivity index (χ1n) is 5.71. The van der Waals surface area contributed by atoms with Gasteiger partial charge in [0, 0.05) is 4.47 Å². The second kappa shape index (κ2) is 5.12. The van der Waals surface area contributed by atoms with Gasteiger partial charge in [0.2, 0.25) is 0 Å². The number of rotatable bonds is 2. The Bertz CT molecular complexity index is 754. The normalized spacial score (nSPS) is 10.9. The number of thiazole rings is 1. The van der Waals surface area contributed by atoms with Crippen molar-refractivity contribution in [2.24, 2.45) is 0 Å². The van der Waals surface area contributed by atoms with Crippen LogP contribution in [0.2, 0.25) is 5.02 Å². The van der Waals surface area contributed by atoms with E-state index in [2.05, 4.69) is 51.4 Å². The summed E-state index contributed by atoms with van der Waals surface area (Å²) in [5, 5.41) is 4.79. The van der Waals surface area contributed by atoms with Crippen LogP contribution in [0, 0.1) is 6.92 Å². The lowest BCUT2D eigenvalue weighted by atomic mass is 10.2. The molecule has 0 atom stereocenters. The molecule has 0 amide bonds. The van der Waals surface area contributed by atoms with Crippen LogP contribution in [0.25, 0.3) is 10.2 Å². The highest BCUT2D eigenvalue weighted by Gasteiger charge is 2.07. The molecule has 1 aromatic heterocycles. The monoisotopic (exact) mass is 352 g/mol. The molecule has 3 rings (SSSR count). The Morgan fingerprint density at radius 3 is 2.89 bits per heavy atom. The third-order valence-electron chi connectivity index (χ3n) is 2.71. The quantitative estimate of drug-likeness (QED) is 0.633. The third kappa shape index (κ3) is 2.76. The van der Waals surface area contributed by atoms with Crippen LogP contribution in [0.15, 0.2) is 40.9 Å². The van der Waals surface area contributed by atoms with E-state index < -0.39 is 0 Å². The number of aromatic nitrogens is 1. The lowest BCUT2D eigenvalue weighted by Gasteiger charge is -2.05. The van der Waals surface area contributed by atoms with Crippen molar-refractivity contribution in [2.75, 3.05) is 5.32 Å². The maximum absolute atomic E-state index is 6.16. The van der Waals surface area contributed by atoms with Crippen LogP contribution in [-0.2, 0) is 0 Å². The topological polar surface area (TPSA) is 24.9 Å². The number of nitrogens with zero attached hydrogens (tertiary/aromatic N) is 1. The zero-order chi connectivity index (χ0) is 13.4. The summed E-state index contributed by atoms with van der Waals surface area (Å²) in [5.41, 5.74) is 3.08. The molecule has 3 aromatic rings. The van der Waals surface area contributed by atoms with Crippen LogP contribution >= 0.6 is 38.9 Å². The van der Waals surface area contributed by atoms with Crippen LogP contribution in [0.5, 0.6) is 0 Å². The number of nitrogens with one attached hydrogen (secondary N) is 1. The predicted molar refractivity (Wildman–Crippen MR) is 86.8 cm³/mol. The van der Waals surface area contributed by atoms with Crippen LogP contribution in [0.3, 0.4) is 0 Å². The van der Waals surface area contributed by atoms with Gasteiger partial charge in [0.1, 0.15) is 0 Å². The highest BCUT2D eigenvalue weighted by molar-refractivity contribution is 9.10. The van der Waals surface area contributed by atoms with Gasteiger partial charge in [-0.3, -0.25) is 0 Å². The molecule has 96 valence electrons. The van der Waals surface area contributed by atoms with E-state index in [1.165, 1.54) is 10.3 Å². The largest absolute Gasteiger partial charge is 0.330 e. The van der Waals surface area contributed by atoms with Crippen molar-refractivity contribution in [1.82, 2.24) is 4.98 Å². The molecule has 0 saturated heterocycles. The molecule has 19 heavy (non-hydrogen) atoms. The minimum atomic E-state index is 0.679. The lowest BCUT2D eigenvalue weighted by molar-refractivity contribution is 1.42. The van der Waals surface area contributed by atoms with Gasteiger partial charge in [-0.25, -0.2) is 4.98 Å². The number of hydrogen-bond acceptors (Lipinski definition) is 3. The summed E-state index contributed by atoms with van der Waals surface area (Å²) in [6.45, 7) is 2.07. The first-order valence-corrected chi connectivity index (χ1v) is 7.70. The second-order valence-electron chi connectivity index (χ2n) is 4.24. The van der Waals surface area contributed by atoms with Crippen LogP contribution < -0.4 is 5.32 Å². The van der Waals surface area contributed by atoms with E-state index in [-0.39, 0.29) is 0 Å². The molecule has 2 aromatic carbocycles. The zero-order valence-corrected chi connectivity index (χ0v) is 13.2. The molecular formula is C14H10BrClN2S. The fourth-order valence-corrected chi connectivity index (χ4v) is 3.18. The van der Waals surface area contributed by atoms with E-state index in [1.807, 2.05) is 18.2 Å². The standard InChI is InChI=1S/C14H10BrClN2S/c1-8-2-5-13-12(6-8)18-14(19-13)17-11-7-9(15)3-4-10(11)16/h2-7H,1H3,(H,17,18). The Hall–Kier alpha value is -1.10. The Morgan fingerprint density at radius 1 is 1.21 bits per heavy atom. The van der Waals surface area contributed by atoms with Gasteiger partial charge in [-0.1, -0.05) is 44.9 Å². The molecule has 0 fully saturated rings. The Balaban J connectivity index is 1.98. The van der Waals surface area contributed by atoms with Gasteiger partial charge in [-0.2, -0.15) is 0 Å². The van der Waals surface area contributed by atoms with Gasteiger partial charge >= 0.3 is 0 Å². The van der Waals surface area contributed by atoms with Crippen molar-refractivity contribution in [3.05, 3.63) is 51.5 Å². The van der Waals surface area contributed by atoms with Crippen molar-refractivity contribution in [3.63, 3.8) is 0 Å².